The van der Waals surface area contributed by atoms with Gasteiger partial charge in [0.1, 0.15) is 0 Å². The molecule has 0 spiro atoms. The van der Waals surface area contributed by atoms with E-state index in [0.717, 1.165) is 24.2 Å². The lowest BCUT2D eigenvalue weighted by Gasteiger charge is -2.13. The quantitative estimate of drug-likeness (QED) is 0.547. The van der Waals surface area contributed by atoms with E-state index in [1.165, 1.54) is 12.2 Å². The highest BCUT2D eigenvalue weighted by Gasteiger charge is 2.22. The predicted molar refractivity (Wildman–Crippen MR) is 79.0 cm³/mol. The summed E-state index contributed by atoms with van der Waals surface area (Å²) in [5.74, 6) is -0.593. The van der Waals surface area contributed by atoms with E-state index in [2.05, 4.69) is 12.2 Å². The van der Waals surface area contributed by atoms with Crippen molar-refractivity contribution in [1.82, 2.24) is 10.2 Å². The van der Waals surface area contributed by atoms with Crippen LogP contribution in [-0.2, 0) is 14.4 Å². The molecule has 1 aliphatic rings. The fourth-order valence-corrected chi connectivity index (χ4v) is 1.74. The highest BCUT2D eigenvalue weighted by molar-refractivity contribution is 6.12. The second kappa shape index (κ2) is 11.2. The van der Waals surface area contributed by atoms with Crippen LogP contribution in [0, 0.1) is 0 Å². The first kappa shape index (κ1) is 18.4. The van der Waals surface area contributed by atoms with Gasteiger partial charge in [-0.2, -0.15) is 0 Å². The molecule has 0 aromatic heterocycles. The number of unbranched alkanes of at least 4 members (excludes halogenated alkanes) is 2. The molecule has 0 aliphatic carbocycles. The van der Waals surface area contributed by atoms with Gasteiger partial charge in [-0.25, -0.2) is 0 Å². The Bertz CT molecular complexity index is 333. The largest absolute Gasteiger partial charge is 0.356 e. The summed E-state index contributed by atoms with van der Waals surface area (Å²) in [5.41, 5.74) is 0. The Morgan fingerprint density at radius 1 is 1.10 bits per heavy atom. The van der Waals surface area contributed by atoms with Gasteiger partial charge in [-0.15, -0.1) is 0 Å². The average molecular weight is 282 g/mol. The van der Waals surface area contributed by atoms with E-state index in [1.54, 1.807) is 0 Å². The summed E-state index contributed by atoms with van der Waals surface area (Å²) in [7, 11) is 0. The molecule has 0 aromatic rings. The maximum absolute atomic E-state index is 11.4. The van der Waals surface area contributed by atoms with Gasteiger partial charge in [0.25, 0.3) is 11.8 Å². The molecule has 114 valence electrons. The zero-order chi connectivity index (χ0) is 15.4. The van der Waals surface area contributed by atoms with Crippen molar-refractivity contribution < 1.29 is 14.4 Å². The predicted octanol–water partition coefficient (Wildman–Crippen LogP) is 2.02. The molecule has 1 aliphatic heterocycles. The van der Waals surface area contributed by atoms with Gasteiger partial charge in [0, 0.05) is 31.7 Å². The monoisotopic (exact) mass is 282 g/mol. The lowest BCUT2D eigenvalue weighted by Crippen LogP contribution is -2.32. The Balaban J connectivity index is 0.00000172. The Hall–Kier alpha value is -1.65. The molecule has 0 saturated heterocycles. The fourth-order valence-electron chi connectivity index (χ4n) is 1.74. The molecule has 0 saturated carbocycles. The van der Waals surface area contributed by atoms with Crippen LogP contribution in [0.1, 0.15) is 52.9 Å². The Labute approximate surface area is 121 Å². The van der Waals surface area contributed by atoms with Crippen molar-refractivity contribution in [2.75, 3.05) is 13.1 Å². The molecule has 5 nitrogen and oxygen atoms in total. The van der Waals surface area contributed by atoms with Gasteiger partial charge in [0.15, 0.2) is 0 Å². The smallest absolute Gasteiger partial charge is 0.253 e. The molecule has 3 amide bonds. The Morgan fingerprint density at radius 2 is 1.70 bits per heavy atom. The number of carbonyl (C=O) groups excluding carboxylic acids is 3. The summed E-state index contributed by atoms with van der Waals surface area (Å²) in [4.78, 5) is 35.0. The van der Waals surface area contributed by atoms with E-state index in [4.69, 9.17) is 0 Å². The van der Waals surface area contributed by atoms with Crippen molar-refractivity contribution in [3.63, 3.8) is 0 Å². The Morgan fingerprint density at radius 3 is 2.25 bits per heavy atom. The van der Waals surface area contributed by atoms with Crippen LogP contribution in [0.4, 0.5) is 0 Å². The Kier molecular flexibility index (Phi) is 10.3. The number of hydrogen-bond acceptors (Lipinski definition) is 3. The van der Waals surface area contributed by atoms with Crippen LogP contribution in [-0.4, -0.2) is 35.7 Å². The number of rotatable bonds is 8. The van der Waals surface area contributed by atoms with Crippen molar-refractivity contribution in [2.45, 2.75) is 52.9 Å². The minimum Gasteiger partial charge on any atom is -0.356 e. The van der Waals surface area contributed by atoms with Gasteiger partial charge in [0.05, 0.1) is 0 Å². The van der Waals surface area contributed by atoms with Crippen molar-refractivity contribution in [1.29, 1.82) is 0 Å². The van der Waals surface area contributed by atoms with Gasteiger partial charge in [-0.05, 0) is 12.8 Å². The van der Waals surface area contributed by atoms with Crippen molar-refractivity contribution in [3.8, 4) is 0 Å². The number of hydrogen-bond donors (Lipinski definition) is 1. The van der Waals surface area contributed by atoms with Gasteiger partial charge < -0.3 is 5.32 Å². The van der Waals surface area contributed by atoms with Crippen LogP contribution in [0.3, 0.4) is 0 Å². The third-order valence-electron chi connectivity index (χ3n) is 2.79. The van der Waals surface area contributed by atoms with E-state index < -0.39 is 0 Å². The van der Waals surface area contributed by atoms with Crippen LogP contribution in [0.25, 0.3) is 0 Å². The molecule has 0 radical (unpaired) electrons. The molecular formula is C15H26N2O3. The van der Waals surface area contributed by atoms with Gasteiger partial charge in [-0.3, -0.25) is 19.3 Å². The first-order valence-corrected chi connectivity index (χ1v) is 7.45. The van der Waals surface area contributed by atoms with Crippen LogP contribution in [0.5, 0.6) is 0 Å². The third-order valence-corrected chi connectivity index (χ3v) is 2.79. The highest BCUT2D eigenvalue weighted by Crippen LogP contribution is 2.05. The highest BCUT2D eigenvalue weighted by atomic mass is 16.2. The molecule has 20 heavy (non-hydrogen) atoms. The number of carbonyl (C=O) groups is 3. The molecule has 0 fully saturated rings. The molecule has 1 rings (SSSR count). The summed E-state index contributed by atoms with van der Waals surface area (Å²) < 4.78 is 0. The van der Waals surface area contributed by atoms with E-state index in [0.29, 0.717) is 25.9 Å². The molecular weight excluding hydrogens is 256 g/mol. The minimum absolute atomic E-state index is 0.0156. The maximum Gasteiger partial charge on any atom is 0.253 e. The number of imide groups is 1. The van der Waals surface area contributed by atoms with Crippen LogP contribution in [0.2, 0.25) is 0 Å². The normalized spacial score (nSPS) is 13.2. The summed E-state index contributed by atoms with van der Waals surface area (Å²) in [6, 6.07) is 0. The van der Waals surface area contributed by atoms with Crippen molar-refractivity contribution in [3.05, 3.63) is 12.2 Å². The van der Waals surface area contributed by atoms with Crippen molar-refractivity contribution >= 4 is 17.7 Å². The lowest BCUT2D eigenvalue weighted by atomic mass is 10.2. The zero-order valence-corrected chi connectivity index (χ0v) is 12.8. The summed E-state index contributed by atoms with van der Waals surface area (Å²) >= 11 is 0. The molecule has 0 unspecified atom stereocenters. The molecule has 0 aromatic carbocycles. The fraction of sp³-hybridized carbons (Fsp3) is 0.667. The van der Waals surface area contributed by atoms with Gasteiger partial charge in [0.2, 0.25) is 5.91 Å². The zero-order valence-electron chi connectivity index (χ0n) is 12.8. The minimum atomic E-state index is -0.289. The first-order chi connectivity index (χ1) is 9.65. The second-order valence-corrected chi connectivity index (χ2v) is 4.32. The average Bonchev–Trinajstić information content (AvgIpc) is 2.77. The van der Waals surface area contributed by atoms with Gasteiger partial charge in [-0.1, -0.05) is 33.6 Å². The van der Waals surface area contributed by atoms with Crippen LogP contribution < -0.4 is 5.32 Å². The van der Waals surface area contributed by atoms with Crippen LogP contribution in [0.15, 0.2) is 12.2 Å². The number of nitrogens with one attached hydrogen (secondary N) is 1. The van der Waals surface area contributed by atoms with E-state index >= 15 is 0 Å². The van der Waals surface area contributed by atoms with E-state index in [9.17, 15) is 14.4 Å². The van der Waals surface area contributed by atoms with E-state index in [1.807, 2.05) is 13.8 Å². The topological polar surface area (TPSA) is 66.5 Å². The van der Waals surface area contributed by atoms with Gasteiger partial charge >= 0.3 is 0 Å². The molecule has 1 heterocycles. The summed E-state index contributed by atoms with van der Waals surface area (Å²) in [6.45, 7) is 7.13. The molecule has 0 bridgehead atoms. The van der Waals surface area contributed by atoms with E-state index in [-0.39, 0.29) is 17.7 Å². The first-order valence-electron chi connectivity index (χ1n) is 7.45. The third kappa shape index (κ3) is 7.07. The lowest BCUT2D eigenvalue weighted by molar-refractivity contribution is -0.137. The molecule has 0 atom stereocenters. The van der Waals surface area contributed by atoms with Crippen LogP contribution >= 0.6 is 0 Å². The number of nitrogens with zero attached hydrogens (tertiary/aromatic N) is 1. The maximum atomic E-state index is 11.4. The molecule has 5 heteroatoms. The molecule has 1 N–H and O–H groups in total. The second-order valence-electron chi connectivity index (χ2n) is 4.32. The summed E-state index contributed by atoms with van der Waals surface area (Å²) in [6.07, 6.45) is 6.61. The van der Waals surface area contributed by atoms with Crippen molar-refractivity contribution in [2.24, 2.45) is 0 Å². The number of amides is 3. The summed E-state index contributed by atoms with van der Waals surface area (Å²) in [5, 5.41) is 2.82. The SMILES string of the molecule is CC.CCCCCNC(=O)CCCN1C(=O)C=CC1=O. The standard InChI is InChI=1S/C13H20N2O3.C2H6/c1-2-3-4-9-14-11(16)6-5-10-15-12(17)7-8-13(15)18;1-2/h7-8H,2-6,9-10H2,1H3,(H,14,16);1-2H3.